The molecule has 0 spiro atoms. The summed E-state index contributed by atoms with van der Waals surface area (Å²) < 4.78 is 30.7. The van der Waals surface area contributed by atoms with Gasteiger partial charge in [0.15, 0.2) is 0 Å². The Hall–Kier alpha value is -0.930. The second kappa shape index (κ2) is 16.4. The molecule has 0 aromatic carbocycles. The number of hydrogen-bond acceptors (Lipinski definition) is 7. The van der Waals surface area contributed by atoms with Crippen LogP contribution in [0.2, 0.25) is 0 Å². The van der Waals surface area contributed by atoms with Gasteiger partial charge in [-0.2, -0.15) is 0 Å². The van der Waals surface area contributed by atoms with E-state index in [1.807, 2.05) is 6.92 Å². The average molecular weight is 324 g/mol. The monoisotopic (exact) mass is 324 g/mol. The molecule has 1 N–H and O–H groups in total. The number of hydrogen-bond donors (Lipinski definition) is 1. The van der Waals surface area contributed by atoms with Gasteiger partial charge in [0.25, 0.3) is 0 Å². The van der Waals surface area contributed by atoms with E-state index in [9.17, 15) is 4.79 Å². The third-order valence-electron chi connectivity index (χ3n) is 2.57. The molecule has 0 aliphatic rings. The van der Waals surface area contributed by atoms with Crippen LogP contribution in [0.1, 0.15) is 13.3 Å². The number of carboxylic acid groups (broad SMARTS) is 1. The van der Waals surface area contributed by atoms with E-state index in [0.717, 1.165) is 0 Å². The fraction of sp³-hybridized carbons (Fsp3) is 0.929. The molecule has 132 valence electrons. The molecule has 22 heavy (non-hydrogen) atoms. The van der Waals surface area contributed by atoms with Crippen molar-refractivity contribution in [1.29, 1.82) is 0 Å². The van der Waals surface area contributed by atoms with Crippen molar-refractivity contribution >= 4 is 6.16 Å². The minimum absolute atomic E-state index is 0.0259. The van der Waals surface area contributed by atoms with Gasteiger partial charge in [0.05, 0.1) is 45.7 Å². The van der Waals surface area contributed by atoms with Gasteiger partial charge in [-0.1, -0.05) is 0 Å². The van der Waals surface area contributed by atoms with Crippen molar-refractivity contribution in [2.45, 2.75) is 19.4 Å². The maximum Gasteiger partial charge on any atom is 0.505 e. The second-order valence-corrected chi connectivity index (χ2v) is 4.27. The Morgan fingerprint density at radius 1 is 0.955 bits per heavy atom. The first-order valence-electron chi connectivity index (χ1n) is 7.40. The summed E-state index contributed by atoms with van der Waals surface area (Å²) in [4.78, 5) is 10.4. The SMILES string of the molecule is CCOCCOCCOC(CCOCCOC)COC(=O)O. The summed E-state index contributed by atoms with van der Waals surface area (Å²) >= 11 is 0. The Morgan fingerprint density at radius 2 is 1.59 bits per heavy atom. The predicted octanol–water partition coefficient (Wildman–Crippen LogP) is 1.17. The zero-order chi connectivity index (χ0) is 16.5. The fourth-order valence-corrected chi connectivity index (χ4v) is 1.48. The first kappa shape index (κ1) is 21.1. The van der Waals surface area contributed by atoms with Crippen molar-refractivity contribution in [3.63, 3.8) is 0 Å². The van der Waals surface area contributed by atoms with Gasteiger partial charge in [-0.25, -0.2) is 4.79 Å². The summed E-state index contributed by atoms with van der Waals surface area (Å²) in [6.45, 7) is 5.85. The van der Waals surface area contributed by atoms with E-state index in [4.69, 9.17) is 28.8 Å². The van der Waals surface area contributed by atoms with Crippen LogP contribution in [0.5, 0.6) is 0 Å². The first-order chi connectivity index (χ1) is 10.7. The van der Waals surface area contributed by atoms with Crippen LogP contribution in [-0.4, -0.2) is 83.9 Å². The van der Waals surface area contributed by atoms with Gasteiger partial charge >= 0.3 is 6.16 Å². The van der Waals surface area contributed by atoms with Crippen LogP contribution in [0, 0.1) is 0 Å². The molecule has 0 aliphatic heterocycles. The van der Waals surface area contributed by atoms with Crippen LogP contribution in [-0.2, 0) is 28.4 Å². The van der Waals surface area contributed by atoms with E-state index >= 15 is 0 Å². The Balaban J connectivity index is 3.70. The van der Waals surface area contributed by atoms with Crippen LogP contribution in [0.3, 0.4) is 0 Å². The van der Waals surface area contributed by atoms with Crippen LogP contribution in [0.15, 0.2) is 0 Å². The highest BCUT2D eigenvalue weighted by molar-refractivity contribution is 5.56. The van der Waals surface area contributed by atoms with E-state index in [-0.39, 0.29) is 12.7 Å². The van der Waals surface area contributed by atoms with Crippen molar-refractivity contribution < 1.29 is 38.3 Å². The largest absolute Gasteiger partial charge is 0.505 e. The molecule has 0 bridgehead atoms. The van der Waals surface area contributed by atoms with E-state index in [1.165, 1.54) is 0 Å². The Bertz CT molecular complexity index is 249. The maximum absolute atomic E-state index is 10.4. The van der Waals surface area contributed by atoms with Crippen molar-refractivity contribution in [2.24, 2.45) is 0 Å². The molecule has 0 rings (SSSR count). The molecule has 0 aliphatic carbocycles. The molecule has 0 saturated heterocycles. The topological polar surface area (TPSA) is 92.7 Å². The molecule has 0 fully saturated rings. The highest BCUT2D eigenvalue weighted by Crippen LogP contribution is 2.01. The summed E-state index contributed by atoms with van der Waals surface area (Å²) in [5, 5.41) is 8.53. The standard InChI is InChI=1S/C14H28O8/c1-3-18-8-9-20-10-11-21-13(12-22-14(15)16)4-5-19-7-6-17-2/h13H,3-12H2,1-2H3,(H,15,16). The molecule has 0 amide bonds. The molecule has 0 radical (unpaired) electrons. The molecule has 8 nitrogen and oxygen atoms in total. The summed E-state index contributed by atoms with van der Waals surface area (Å²) in [7, 11) is 1.60. The van der Waals surface area contributed by atoms with Crippen molar-refractivity contribution in [1.82, 2.24) is 0 Å². The minimum atomic E-state index is -1.32. The van der Waals surface area contributed by atoms with Crippen LogP contribution < -0.4 is 0 Å². The lowest BCUT2D eigenvalue weighted by Gasteiger charge is -2.17. The van der Waals surface area contributed by atoms with Gasteiger partial charge in [0, 0.05) is 26.7 Å². The Kier molecular flexibility index (Phi) is 15.7. The van der Waals surface area contributed by atoms with Crippen LogP contribution in [0.4, 0.5) is 4.79 Å². The smallest absolute Gasteiger partial charge is 0.450 e. The lowest BCUT2D eigenvalue weighted by Crippen LogP contribution is -2.25. The maximum atomic E-state index is 10.4. The van der Waals surface area contributed by atoms with Gasteiger partial charge in [0.1, 0.15) is 6.61 Å². The summed E-state index contributed by atoms with van der Waals surface area (Å²) in [5.41, 5.74) is 0. The van der Waals surface area contributed by atoms with Gasteiger partial charge in [-0.15, -0.1) is 0 Å². The minimum Gasteiger partial charge on any atom is -0.450 e. The van der Waals surface area contributed by atoms with Crippen molar-refractivity contribution in [3.05, 3.63) is 0 Å². The third kappa shape index (κ3) is 15.5. The molecular weight excluding hydrogens is 296 g/mol. The lowest BCUT2D eigenvalue weighted by molar-refractivity contribution is -0.0492. The second-order valence-electron chi connectivity index (χ2n) is 4.27. The summed E-state index contributed by atoms with van der Waals surface area (Å²) in [6.07, 6.45) is -1.13. The highest BCUT2D eigenvalue weighted by Gasteiger charge is 2.12. The Labute approximate surface area is 131 Å². The summed E-state index contributed by atoms with van der Waals surface area (Å²) in [6, 6.07) is 0. The van der Waals surface area contributed by atoms with Gasteiger partial charge < -0.3 is 33.5 Å². The van der Waals surface area contributed by atoms with Gasteiger partial charge in [-0.3, -0.25) is 0 Å². The van der Waals surface area contributed by atoms with Gasteiger partial charge in [0.2, 0.25) is 0 Å². The van der Waals surface area contributed by atoms with Crippen molar-refractivity contribution in [2.75, 3.05) is 66.6 Å². The predicted molar refractivity (Wildman–Crippen MR) is 78.3 cm³/mol. The fourth-order valence-electron chi connectivity index (χ4n) is 1.48. The average Bonchev–Trinajstić information content (AvgIpc) is 2.50. The molecule has 0 heterocycles. The van der Waals surface area contributed by atoms with E-state index in [0.29, 0.717) is 59.3 Å². The number of carbonyl (C=O) groups is 1. The molecule has 8 heteroatoms. The first-order valence-corrected chi connectivity index (χ1v) is 7.40. The molecule has 0 aromatic heterocycles. The van der Waals surface area contributed by atoms with E-state index < -0.39 is 6.16 Å². The van der Waals surface area contributed by atoms with Crippen LogP contribution >= 0.6 is 0 Å². The molecular formula is C14H28O8. The zero-order valence-corrected chi connectivity index (χ0v) is 13.5. The molecule has 1 atom stereocenters. The van der Waals surface area contributed by atoms with Gasteiger partial charge in [-0.05, 0) is 6.92 Å². The normalized spacial score (nSPS) is 12.3. The number of ether oxygens (including phenoxy) is 6. The highest BCUT2D eigenvalue weighted by atomic mass is 16.7. The molecule has 0 saturated carbocycles. The van der Waals surface area contributed by atoms with E-state index in [2.05, 4.69) is 4.74 Å². The quantitative estimate of drug-likeness (QED) is 0.334. The Morgan fingerprint density at radius 3 is 2.27 bits per heavy atom. The van der Waals surface area contributed by atoms with E-state index in [1.54, 1.807) is 7.11 Å². The van der Waals surface area contributed by atoms with Crippen molar-refractivity contribution in [3.8, 4) is 0 Å². The number of rotatable bonds is 16. The molecule has 0 aromatic rings. The van der Waals surface area contributed by atoms with Crippen LogP contribution in [0.25, 0.3) is 0 Å². The summed E-state index contributed by atoms with van der Waals surface area (Å²) in [5.74, 6) is 0. The molecule has 1 unspecified atom stereocenters. The third-order valence-corrected chi connectivity index (χ3v) is 2.57. The zero-order valence-electron chi connectivity index (χ0n) is 13.5. The lowest BCUT2D eigenvalue weighted by atomic mass is 10.3. The number of methoxy groups -OCH3 is 1.